The first-order valence-electron chi connectivity index (χ1n) is 30.4. The van der Waals surface area contributed by atoms with Gasteiger partial charge in [-0.2, -0.15) is 0 Å². The van der Waals surface area contributed by atoms with Crippen LogP contribution in [-0.2, 0) is 31.6 Å². The predicted molar refractivity (Wildman–Crippen MR) is 334 cm³/mol. The molecule has 82 heavy (non-hydrogen) atoms. The van der Waals surface area contributed by atoms with Crippen LogP contribution in [0.3, 0.4) is 0 Å². The lowest BCUT2D eigenvalue weighted by molar-refractivity contribution is -0.0279. The van der Waals surface area contributed by atoms with E-state index < -0.39 is 5.97 Å². The highest BCUT2D eigenvalue weighted by molar-refractivity contribution is 5.93. The van der Waals surface area contributed by atoms with Gasteiger partial charge in [-0.3, -0.25) is 9.59 Å². The Morgan fingerprint density at radius 1 is 0.488 bits per heavy atom. The number of ether oxygens (including phenoxy) is 2. The molecule has 0 bridgehead atoms. The number of anilines is 1. The van der Waals surface area contributed by atoms with Gasteiger partial charge >= 0.3 is 5.97 Å². The van der Waals surface area contributed by atoms with Crippen molar-refractivity contribution < 1.29 is 23.9 Å². The molecule has 0 fully saturated rings. The van der Waals surface area contributed by atoms with Crippen molar-refractivity contribution in [1.82, 2.24) is 74.7 Å². The Kier molecular flexibility index (Phi) is 37.1. The molecule has 21 nitrogen and oxygen atoms in total. The molecule has 0 amide bonds. The summed E-state index contributed by atoms with van der Waals surface area (Å²) in [6, 6.07) is 0. The SMILES string of the molecule is CC(=O)c1cn(C(C)(C)C)nn1.CCCCN(C)CCCCC(=O)c1cn(C(C)(C)C)nn1.CCCCN(C)CCCCC(C)(C)C.CCCCN(C)CCCNc1cn(C(C)(C)C)nn1.CCOCOC(=O)c1cn(C(C)(C)C)nn1. The third-order valence-electron chi connectivity index (χ3n) is 12.7. The van der Waals surface area contributed by atoms with E-state index in [2.05, 4.69) is 145 Å². The van der Waals surface area contributed by atoms with E-state index in [0.29, 0.717) is 29.8 Å². The number of nitrogens with one attached hydrogen (secondary N) is 1. The number of Topliss-reactive ketones (excluding diaryl/α,β-unsaturated/α-hetero) is 2. The van der Waals surface area contributed by atoms with Crippen LogP contribution in [0.4, 0.5) is 5.82 Å². The first-order valence-corrected chi connectivity index (χ1v) is 30.4. The lowest BCUT2D eigenvalue weighted by Gasteiger charge is -2.20. The molecular weight excluding hydrogens is 1040 g/mol. The lowest BCUT2D eigenvalue weighted by Crippen LogP contribution is -2.23. The number of carbonyl (C=O) groups is 3. The van der Waals surface area contributed by atoms with E-state index in [-0.39, 0.29) is 46.2 Å². The summed E-state index contributed by atoms with van der Waals surface area (Å²) in [5, 5.41) is 34.8. The third-order valence-corrected chi connectivity index (χ3v) is 12.7. The van der Waals surface area contributed by atoms with Crippen molar-refractivity contribution in [3.05, 3.63) is 41.9 Å². The Balaban J connectivity index is 0.00000101. The zero-order valence-corrected chi connectivity index (χ0v) is 56.1. The molecular formula is C61H118N16O5. The fourth-order valence-electron chi connectivity index (χ4n) is 7.10. The summed E-state index contributed by atoms with van der Waals surface area (Å²) in [4.78, 5) is 41.6. The minimum atomic E-state index is -0.524. The fourth-order valence-corrected chi connectivity index (χ4v) is 7.10. The van der Waals surface area contributed by atoms with Crippen molar-refractivity contribution in [3.63, 3.8) is 0 Å². The number of ketones is 2. The molecule has 0 unspecified atom stereocenters. The van der Waals surface area contributed by atoms with E-state index in [0.717, 1.165) is 51.3 Å². The molecule has 0 aromatic carbocycles. The zero-order valence-electron chi connectivity index (χ0n) is 56.1. The molecule has 1 N–H and O–H groups in total. The van der Waals surface area contributed by atoms with Gasteiger partial charge in [0.2, 0.25) is 0 Å². The zero-order chi connectivity index (χ0) is 62.7. The van der Waals surface area contributed by atoms with Crippen molar-refractivity contribution in [2.75, 3.05) is 85.7 Å². The standard InChI is InChI=1S/C16H30N4O.C14H29N5.C13H29N.C10H17N3O3.C8H13N3O/c1-6-7-11-19(5)12-9-8-10-15(21)14-13-20(18-17-14)16(2,3)4;1-6-7-10-18(5)11-8-9-15-13-12-19(17-16-13)14(2,3)4;1-6-7-11-14(5)12-9-8-10-13(2,3)4;1-5-15-7-16-9(14)8-6-13(12-11-8)10(2,3)4;1-6(12)7-5-11(10-9-7)8(2,3)4/h13H,6-12H2,1-5H3;12,15H,6-11H2,1-5H3;6-12H2,1-5H3;6H,5,7H2,1-4H3;5H,1-4H3. The molecule has 4 rings (SSSR count). The molecule has 0 saturated heterocycles. The first-order chi connectivity index (χ1) is 38.1. The van der Waals surface area contributed by atoms with Crippen LogP contribution < -0.4 is 5.32 Å². The minimum absolute atomic E-state index is 0.00665. The number of unbranched alkanes of at least 4 members (excludes halogenated alkanes) is 5. The van der Waals surface area contributed by atoms with Crippen molar-refractivity contribution in [2.24, 2.45) is 5.41 Å². The van der Waals surface area contributed by atoms with Crippen LogP contribution in [0.1, 0.15) is 253 Å². The summed E-state index contributed by atoms with van der Waals surface area (Å²) in [6.07, 6.45) is 22.4. The summed E-state index contributed by atoms with van der Waals surface area (Å²) < 4.78 is 16.7. The van der Waals surface area contributed by atoms with E-state index in [1.807, 2.05) is 80.1 Å². The summed E-state index contributed by atoms with van der Waals surface area (Å²) in [6.45, 7) is 49.8. The summed E-state index contributed by atoms with van der Waals surface area (Å²) in [5.74, 6) is 0.391. The molecule has 0 radical (unpaired) electrons. The van der Waals surface area contributed by atoms with Crippen LogP contribution >= 0.6 is 0 Å². The van der Waals surface area contributed by atoms with E-state index in [1.54, 1.807) is 32.6 Å². The fraction of sp³-hybridized carbons (Fsp3) is 0.820. The molecule has 472 valence electrons. The highest BCUT2D eigenvalue weighted by Crippen LogP contribution is 2.22. The molecule has 0 aliphatic carbocycles. The molecule has 21 heteroatoms. The number of hydrogen-bond donors (Lipinski definition) is 1. The maximum atomic E-state index is 12.1. The second kappa shape index (κ2) is 39.5. The van der Waals surface area contributed by atoms with Gasteiger partial charge in [-0.25, -0.2) is 23.5 Å². The molecule has 4 aromatic heterocycles. The average Bonchev–Trinajstić information content (AvgIpc) is 4.37. The van der Waals surface area contributed by atoms with Crippen LogP contribution in [-0.4, -0.2) is 173 Å². The number of esters is 1. The average molecular weight is 1160 g/mol. The van der Waals surface area contributed by atoms with Crippen molar-refractivity contribution >= 4 is 23.4 Å². The van der Waals surface area contributed by atoms with Crippen LogP contribution in [0.2, 0.25) is 0 Å². The predicted octanol–water partition coefficient (Wildman–Crippen LogP) is 12.0. The topological polar surface area (TPSA) is 214 Å². The summed E-state index contributed by atoms with van der Waals surface area (Å²) >= 11 is 0. The normalized spacial score (nSPS) is 12.0. The smallest absolute Gasteiger partial charge is 0.362 e. The molecule has 4 heterocycles. The Hall–Kier alpha value is -4.99. The molecule has 0 spiro atoms. The van der Waals surface area contributed by atoms with Crippen molar-refractivity contribution in [1.29, 1.82) is 0 Å². The van der Waals surface area contributed by atoms with Gasteiger partial charge in [-0.05, 0) is 207 Å². The second-order valence-electron chi connectivity index (χ2n) is 26.6. The van der Waals surface area contributed by atoms with E-state index in [9.17, 15) is 14.4 Å². The van der Waals surface area contributed by atoms with Gasteiger partial charge in [0.25, 0.3) is 0 Å². The summed E-state index contributed by atoms with van der Waals surface area (Å²) in [5.41, 5.74) is 1.17. The molecule has 0 atom stereocenters. The second-order valence-corrected chi connectivity index (χ2v) is 26.6. The quantitative estimate of drug-likeness (QED) is 0.0231. The van der Waals surface area contributed by atoms with Crippen molar-refractivity contribution in [2.45, 2.75) is 244 Å². The van der Waals surface area contributed by atoms with E-state index >= 15 is 0 Å². The van der Waals surface area contributed by atoms with Gasteiger partial charge in [-0.15, -0.1) is 20.4 Å². The maximum Gasteiger partial charge on any atom is 0.362 e. The van der Waals surface area contributed by atoms with Crippen molar-refractivity contribution in [3.8, 4) is 0 Å². The van der Waals surface area contributed by atoms with Gasteiger partial charge in [-0.1, -0.05) is 88.1 Å². The minimum Gasteiger partial charge on any atom is -0.434 e. The van der Waals surface area contributed by atoms with Crippen LogP contribution in [0.15, 0.2) is 24.8 Å². The van der Waals surface area contributed by atoms with Crippen LogP contribution in [0, 0.1) is 5.41 Å². The summed E-state index contributed by atoms with van der Waals surface area (Å²) in [7, 11) is 6.57. The highest BCUT2D eigenvalue weighted by Gasteiger charge is 2.21. The number of hydrogen-bond acceptors (Lipinski definition) is 17. The van der Waals surface area contributed by atoms with Crippen LogP contribution in [0.25, 0.3) is 0 Å². The number of aromatic nitrogens is 12. The third kappa shape index (κ3) is 36.6. The van der Waals surface area contributed by atoms with Gasteiger partial charge < -0.3 is 29.5 Å². The maximum absolute atomic E-state index is 12.1. The Morgan fingerprint density at radius 3 is 1.26 bits per heavy atom. The highest BCUT2D eigenvalue weighted by atomic mass is 16.7. The van der Waals surface area contributed by atoms with E-state index in [4.69, 9.17) is 9.47 Å². The number of rotatable bonds is 29. The Labute approximate surface area is 497 Å². The molecule has 0 saturated carbocycles. The lowest BCUT2D eigenvalue weighted by atomic mass is 9.90. The Bertz CT molecular complexity index is 2290. The largest absolute Gasteiger partial charge is 0.434 e. The van der Waals surface area contributed by atoms with Gasteiger partial charge in [0, 0.05) is 26.5 Å². The monoisotopic (exact) mass is 1150 g/mol. The first kappa shape index (κ1) is 77.0. The van der Waals surface area contributed by atoms with Gasteiger partial charge in [0.1, 0.15) is 11.4 Å². The molecule has 0 aliphatic heterocycles. The van der Waals surface area contributed by atoms with Gasteiger partial charge in [0.15, 0.2) is 29.9 Å². The Morgan fingerprint density at radius 2 is 0.866 bits per heavy atom. The number of nitrogens with zero attached hydrogens (tertiary/aromatic N) is 15. The molecule has 4 aromatic rings. The van der Waals surface area contributed by atoms with Gasteiger partial charge in [0.05, 0.1) is 46.9 Å². The molecule has 0 aliphatic rings. The van der Waals surface area contributed by atoms with E-state index in [1.165, 1.54) is 84.3 Å². The van der Waals surface area contributed by atoms with Crippen LogP contribution in [0.5, 0.6) is 0 Å². The number of carbonyl (C=O) groups excluding carboxylic acids is 3.